The Morgan fingerprint density at radius 3 is 1.04 bits per heavy atom. The van der Waals surface area contributed by atoms with Gasteiger partial charge in [-0.3, -0.25) is 33.8 Å². The van der Waals surface area contributed by atoms with Crippen molar-refractivity contribution in [1.29, 1.82) is 0 Å². The molecule has 7 rings (SSSR count). The van der Waals surface area contributed by atoms with Gasteiger partial charge >= 0.3 is 60.1 Å². The fourth-order valence-corrected chi connectivity index (χ4v) is 11.5. The van der Waals surface area contributed by atoms with Crippen LogP contribution in [0.2, 0.25) is 0 Å². The van der Waals surface area contributed by atoms with Gasteiger partial charge in [-0.15, -0.1) is 19.7 Å². The first-order chi connectivity index (χ1) is 51.5. The Hall–Kier alpha value is -8.19. The van der Waals surface area contributed by atoms with E-state index in [0.29, 0.717) is 63.5 Å². The van der Waals surface area contributed by atoms with Crippen LogP contribution in [0.4, 0.5) is 14.4 Å². The number of nitrogens with one attached hydrogen (secondary N) is 4. The fraction of sp³-hybridized carbons (Fsp3) is 0.771. The predicted molar refractivity (Wildman–Crippen MR) is 432 cm³/mol. The van der Waals surface area contributed by atoms with Gasteiger partial charge < -0.3 is 74.1 Å². The Balaban J connectivity index is 0. The third-order valence-corrected chi connectivity index (χ3v) is 15.9. The number of aliphatic hydroxyl groups is 1. The number of carbonyl (C=O) groups excluding carboxylic acids is 12. The molecule has 0 spiro atoms. The summed E-state index contributed by atoms with van der Waals surface area (Å²) in [6.45, 7) is 58.3. The van der Waals surface area contributed by atoms with Gasteiger partial charge in [0.05, 0.1) is 7.11 Å². The van der Waals surface area contributed by atoms with Crippen LogP contribution >= 0.6 is 0 Å². The van der Waals surface area contributed by atoms with Crippen molar-refractivity contribution in [2.75, 3.05) is 7.11 Å². The summed E-state index contributed by atoms with van der Waals surface area (Å²) in [4.78, 5) is 154. The minimum Gasteiger partial charge on any atom is -0.480 e. The van der Waals surface area contributed by atoms with E-state index in [0.717, 1.165) is 54.7 Å². The summed E-state index contributed by atoms with van der Waals surface area (Å²) in [6, 6.07) is -2.86. The van der Waals surface area contributed by atoms with E-state index in [9.17, 15) is 67.4 Å². The van der Waals surface area contributed by atoms with Crippen LogP contribution < -0.4 is 21.3 Å². The third-order valence-electron chi connectivity index (χ3n) is 15.9. The number of amides is 6. The van der Waals surface area contributed by atoms with Crippen LogP contribution in [0.25, 0.3) is 0 Å². The average molecular weight is 1630 g/mol. The van der Waals surface area contributed by atoms with Gasteiger partial charge in [-0.2, -0.15) is 0 Å². The zero-order valence-corrected chi connectivity index (χ0v) is 72.9. The maximum atomic E-state index is 12.5. The smallest absolute Gasteiger partial charge is 0.417 e. The van der Waals surface area contributed by atoms with Gasteiger partial charge in [0.15, 0.2) is 0 Å². The number of carboxylic acids is 1. The lowest BCUT2D eigenvalue weighted by molar-refractivity contribution is -0.162. The van der Waals surface area contributed by atoms with Crippen molar-refractivity contribution in [3.8, 4) is 0 Å². The maximum Gasteiger partial charge on any atom is 0.417 e. The molecule has 7 saturated heterocycles. The normalized spacial score (nSPS) is 23.1. The number of hydrogen-bond acceptors (Lipinski definition) is 25. The molecule has 7 aliphatic heterocycles. The van der Waals surface area contributed by atoms with E-state index in [4.69, 9.17) is 43.0 Å². The summed E-state index contributed by atoms with van der Waals surface area (Å²) < 4.78 is 46.8. The second-order valence-electron chi connectivity index (χ2n) is 35.8. The molecule has 6 amide bonds. The molecule has 7 heterocycles. The maximum absolute atomic E-state index is 12.5. The predicted octanol–water partition coefficient (Wildman–Crippen LogP) is 12.5. The van der Waals surface area contributed by atoms with Crippen LogP contribution in [0.1, 0.15) is 297 Å². The highest BCUT2D eigenvalue weighted by molar-refractivity contribution is 5.99. The quantitative estimate of drug-likeness (QED) is 0.0566. The summed E-state index contributed by atoms with van der Waals surface area (Å²) in [5.74, 6) is -3.66. The van der Waals surface area contributed by atoms with Crippen LogP contribution in [-0.4, -0.2) is 221 Å². The van der Waals surface area contributed by atoms with Gasteiger partial charge in [0.25, 0.3) is 0 Å². The number of carbonyl (C=O) groups is 13. The van der Waals surface area contributed by atoms with Crippen molar-refractivity contribution >= 4 is 77.8 Å². The molecule has 7 aliphatic rings. The third kappa shape index (κ3) is 44.1. The number of nitrogens with zero attached hydrogens (tertiary/aromatic N) is 3. The van der Waals surface area contributed by atoms with Gasteiger partial charge in [0.1, 0.15) is 93.3 Å². The van der Waals surface area contributed by atoms with E-state index in [1.54, 1.807) is 68.4 Å². The molecule has 0 bridgehead atoms. The molecule has 0 aliphatic carbocycles. The lowest BCUT2D eigenvalue weighted by Gasteiger charge is -2.32. The van der Waals surface area contributed by atoms with E-state index in [1.807, 2.05) is 130 Å². The molecule has 31 nitrogen and oxygen atoms in total. The number of esters is 6. The van der Waals surface area contributed by atoms with Gasteiger partial charge in [0, 0.05) is 37.4 Å². The Labute approximate surface area is 679 Å². The molecule has 656 valence electrons. The highest BCUT2D eigenvalue weighted by atomic mass is 16.6. The molecule has 0 aromatic rings. The lowest BCUT2D eigenvalue weighted by atomic mass is 10.1. The first kappa shape index (κ1) is 108. The Kier molecular flexibility index (Phi) is 45.2. The molecule has 0 radical (unpaired) electrons. The average Bonchev–Trinajstić information content (AvgIpc) is 1.67. The number of aliphatic carboxylic acids is 1. The molecule has 11 atom stereocenters. The van der Waals surface area contributed by atoms with Crippen molar-refractivity contribution in [2.45, 2.75) is 408 Å². The van der Waals surface area contributed by atoms with Gasteiger partial charge in [0.2, 0.25) is 17.7 Å². The van der Waals surface area contributed by atoms with Crippen LogP contribution in [0, 0.1) is 0 Å². The summed E-state index contributed by atoms with van der Waals surface area (Å²) >= 11 is 0. The van der Waals surface area contributed by atoms with E-state index in [2.05, 4.69) is 45.7 Å². The number of aliphatic hydroxyl groups excluding tert-OH is 1. The van der Waals surface area contributed by atoms with Crippen LogP contribution in [0.15, 0.2) is 38.0 Å². The molecular weight excluding hydrogens is 1480 g/mol. The summed E-state index contributed by atoms with van der Waals surface area (Å²) in [7, 11) is 1.25. The standard InChI is InChI=1S/C17H29NO4.C14H23NO5.2C12H21NO2.C11H19NO5.C9H15NO3.C5H7NO3.C2H6.CH4/c1-8-9-12-10-11-13(14(19)21-16(2,3)4)18(12)15(20)22-17(5,6)7;1-13(2,3)19-11(17)9-7-8-10(16)15(9)12(18)20-14(4,5)6;2*1-5-6-9-7-8-10(13-9)11(14)15-12(2,3)4;1-11(2,3)17-10(15)12-7(9(14)16-4)5-6-8(12)13;1-9(2,3)13-8(12)6-4-5-7(11)10-6;7-4-2-1-3(6-4)5(8)9;1-2;/h8,12-13H,1,9-11H2,2-7H3;9H,7-8H2,1-6H3;2*5,9-10,13H,1,6-8H2,2-4H3;7-8,13H,5-6H2,1-4H3;6H,4-5H2,1-3H3,(H,10,11);3H,1-2H2,(H,6,7)(H,8,9);1-2H3;1H4/t12?,13-;9-;9-,10+;9-,10-;7-,8?;6-;3-;;/m0010000../s1. The molecule has 31 heteroatoms. The first-order valence-electron chi connectivity index (χ1n) is 39.2. The second kappa shape index (κ2) is 47.7. The Morgan fingerprint density at radius 2 is 0.711 bits per heavy atom. The monoisotopic (exact) mass is 1620 g/mol. The first-order valence-corrected chi connectivity index (χ1v) is 39.2. The Morgan fingerprint density at radius 1 is 0.386 bits per heavy atom. The van der Waals surface area contributed by atoms with Crippen LogP contribution in [0.5, 0.6) is 0 Å². The van der Waals surface area contributed by atoms with Gasteiger partial charge in [-0.05, 0) is 256 Å². The van der Waals surface area contributed by atoms with Crippen molar-refractivity contribution in [3.05, 3.63) is 38.0 Å². The topological polar surface area (TPSA) is 403 Å². The van der Waals surface area contributed by atoms with Crippen molar-refractivity contribution in [2.24, 2.45) is 0 Å². The van der Waals surface area contributed by atoms with Crippen molar-refractivity contribution in [1.82, 2.24) is 36.0 Å². The molecule has 2 unspecified atom stereocenters. The highest BCUT2D eigenvalue weighted by Gasteiger charge is 2.47. The number of rotatable bonds is 13. The summed E-state index contributed by atoms with van der Waals surface area (Å²) in [5, 5.41) is 29.4. The Bertz CT molecular complexity index is 3120. The number of imide groups is 1. The SMILES string of the molecule is C.C=CCC1CC[C@@H](C(=O)OC(C)(C)C)N1C(=O)OC(C)(C)C.C=CC[C@@H]1CC[C@@H](C(=O)OC(C)(C)C)N1.C=CC[C@H]1CC[C@@H](C(=O)OC(C)(C)C)N1.CC.CC(C)(C)OC(=O)[C@@H]1CCC(=O)N1.CC(C)(C)OC(=O)[C@@H]1CCC(=O)N1C(=O)OC(C)(C)C.COC(=O)[C@@H]1CCC(O)N1C(=O)OC(C)(C)C.O=C1CC[C@@H](C(=O)O)N1. The van der Waals surface area contributed by atoms with Crippen LogP contribution in [0.3, 0.4) is 0 Å². The zero-order valence-electron chi connectivity index (χ0n) is 72.9. The second-order valence-corrected chi connectivity index (χ2v) is 35.8. The minimum atomic E-state index is -0.992. The molecule has 114 heavy (non-hydrogen) atoms. The lowest BCUT2D eigenvalue weighted by Crippen LogP contribution is -2.48. The fourth-order valence-electron chi connectivity index (χ4n) is 11.5. The largest absolute Gasteiger partial charge is 0.480 e. The van der Waals surface area contributed by atoms with E-state index >= 15 is 0 Å². The number of carboxylic acid groups (broad SMARTS) is 1. The summed E-state index contributed by atoms with van der Waals surface area (Å²) in [6.07, 6.45) is 13.1. The molecule has 6 N–H and O–H groups in total. The van der Waals surface area contributed by atoms with Crippen LogP contribution in [-0.2, 0) is 90.6 Å². The van der Waals surface area contributed by atoms with E-state index < -0.39 is 123 Å². The zero-order chi connectivity index (χ0) is 87.9. The van der Waals surface area contributed by atoms with Crippen molar-refractivity contribution in [3.63, 3.8) is 0 Å². The molecular formula is C83H145N7O24. The minimum absolute atomic E-state index is 0. The molecule has 0 aromatic heterocycles. The molecule has 7 fully saturated rings. The van der Waals surface area contributed by atoms with Gasteiger partial charge in [-0.1, -0.05) is 39.5 Å². The highest BCUT2D eigenvalue weighted by Crippen LogP contribution is 2.32. The van der Waals surface area contributed by atoms with E-state index in [-0.39, 0.29) is 74.1 Å². The van der Waals surface area contributed by atoms with Crippen molar-refractivity contribution < 1.29 is 115 Å². The van der Waals surface area contributed by atoms with Gasteiger partial charge in [-0.25, -0.2) is 43.3 Å². The number of likely N-dealkylation sites (tertiary alicyclic amines) is 3. The molecule has 0 aromatic carbocycles. The number of methoxy groups -OCH3 is 1. The van der Waals surface area contributed by atoms with E-state index in [1.165, 1.54) is 12.0 Å². The molecule has 0 saturated carbocycles. The number of ether oxygens (including phenoxy) is 9. The summed E-state index contributed by atoms with van der Waals surface area (Å²) in [5.41, 5.74) is -4.50. The number of hydrogen-bond donors (Lipinski definition) is 6.